The van der Waals surface area contributed by atoms with E-state index in [-0.39, 0.29) is 30.7 Å². The third kappa shape index (κ3) is 6.48. The zero-order valence-electron chi connectivity index (χ0n) is 22.7. The second-order valence-corrected chi connectivity index (χ2v) is 12.4. The van der Waals surface area contributed by atoms with Gasteiger partial charge in [0.05, 0.1) is 19.4 Å². The first-order valence-corrected chi connectivity index (χ1v) is 14.2. The SMILES string of the molecule is CC(C)(C)OC(=O)Nc1ncnc2c1ncn2Cc1c(Br)cc(Cl)cc1N1CCC(OC(N)=O)(C(=O)NC2CC2)C1. The predicted octanol–water partition coefficient (Wildman–Crippen LogP) is 3.96. The Kier molecular flexibility index (Phi) is 7.72. The molecule has 13 nitrogen and oxygen atoms in total. The van der Waals surface area contributed by atoms with Crippen LogP contribution in [0.25, 0.3) is 11.2 Å². The van der Waals surface area contributed by atoms with Gasteiger partial charge in [0.2, 0.25) is 5.60 Å². The van der Waals surface area contributed by atoms with Gasteiger partial charge in [-0.3, -0.25) is 10.1 Å². The van der Waals surface area contributed by atoms with E-state index in [2.05, 4.69) is 41.5 Å². The second-order valence-electron chi connectivity index (χ2n) is 11.1. The molecule has 0 radical (unpaired) electrons. The molecule has 1 aliphatic heterocycles. The van der Waals surface area contributed by atoms with E-state index in [9.17, 15) is 14.4 Å². The van der Waals surface area contributed by atoms with Gasteiger partial charge in [0.15, 0.2) is 17.0 Å². The Hall–Kier alpha value is -3.65. The number of amides is 3. The van der Waals surface area contributed by atoms with Gasteiger partial charge in [-0.05, 0) is 45.7 Å². The number of nitrogens with two attached hydrogens (primary N) is 1. The van der Waals surface area contributed by atoms with Crippen LogP contribution in [-0.2, 0) is 20.8 Å². The highest BCUT2D eigenvalue weighted by atomic mass is 79.9. The lowest BCUT2D eigenvalue weighted by Gasteiger charge is -2.29. The number of fused-ring (bicyclic) bond motifs is 1. The van der Waals surface area contributed by atoms with Crippen LogP contribution < -0.4 is 21.3 Å². The van der Waals surface area contributed by atoms with Crippen LogP contribution in [0.2, 0.25) is 5.02 Å². The molecule has 218 valence electrons. The molecule has 15 heteroatoms. The maximum atomic E-state index is 13.2. The van der Waals surface area contributed by atoms with Crippen molar-refractivity contribution < 1.29 is 23.9 Å². The van der Waals surface area contributed by atoms with E-state index in [1.54, 1.807) is 43.8 Å². The van der Waals surface area contributed by atoms with E-state index in [1.165, 1.54) is 6.33 Å². The first-order chi connectivity index (χ1) is 19.3. The van der Waals surface area contributed by atoms with Gasteiger partial charge < -0.3 is 30.0 Å². The second kappa shape index (κ2) is 11.0. The number of ether oxygens (including phenoxy) is 2. The summed E-state index contributed by atoms with van der Waals surface area (Å²) in [5.41, 5.74) is 5.71. The minimum atomic E-state index is -1.42. The summed E-state index contributed by atoms with van der Waals surface area (Å²) < 4.78 is 13.3. The molecule has 3 heterocycles. The molecule has 2 fully saturated rings. The lowest BCUT2D eigenvalue weighted by molar-refractivity contribution is -0.137. The molecule has 2 aromatic heterocycles. The molecule has 1 saturated carbocycles. The zero-order valence-corrected chi connectivity index (χ0v) is 25.1. The fraction of sp³-hybridized carbons (Fsp3) is 0.462. The van der Waals surface area contributed by atoms with Crippen LogP contribution in [0.3, 0.4) is 0 Å². The van der Waals surface area contributed by atoms with E-state index in [1.807, 2.05) is 4.90 Å². The van der Waals surface area contributed by atoms with Crippen molar-refractivity contribution in [2.24, 2.45) is 5.73 Å². The van der Waals surface area contributed by atoms with Gasteiger partial charge >= 0.3 is 12.2 Å². The Bertz CT molecular complexity index is 1520. The Morgan fingerprint density at radius 2 is 1.98 bits per heavy atom. The van der Waals surface area contributed by atoms with Gasteiger partial charge in [-0.25, -0.2) is 24.5 Å². The number of carbonyl (C=O) groups is 3. The number of rotatable bonds is 7. The highest BCUT2D eigenvalue weighted by molar-refractivity contribution is 9.10. The molecular formula is C26H30BrClN8O5. The van der Waals surface area contributed by atoms with Crippen LogP contribution in [0.1, 0.15) is 45.6 Å². The molecule has 3 aromatic rings. The summed E-state index contributed by atoms with van der Waals surface area (Å²) in [6, 6.07) is 3.66. The molecule has 1 saturated heterocycles. The van der Waals surface area contributed by atoms with E-state index < -0.39 is 23.4 Å². The smallest absolute Gasteiger partial charge is 0.413 e. The van der Waals surface area contributed by atoms with Crippen LogP contribution in [0, 0.1) is 0 Å². The molecule has 1 atom stereocenters. The molecule has 4 N–H and O–H groups in total. The van der Waals surface area contributed by atoms with Gasteiger partial charge in [0.25, 0.3) is 5.91 Å². The van der Waals surface area contributed by atoms with Gasteiger partial charge in [0.1, 0.15) is 11.9 Å². The van der Waals surface area contributed by atoms with Crippen LogP contribution in [0.5, 0.6) is 0 Å². The van der Waals surface area contributed by atoms with Crippen molar-refractivity contribution in [1.82, 2.24) is 24.8 Å². The van der Waals surface area contributed by atoms with E-state index in [4.69, 9.17) is 26.8 Å². The summed E-state index contributed by atoms with van der Waals surface area (Å²) in [5.74, 6) is -0.140. The maximum absolute atomic E-state index is 13.2. The quantitative estimate of drug-likeness (QED) is 0.343. The number of nitrogens with zero attached hydrogens (tertiary/aromatic N) is 5. The van der Waals surface area contributed by atoms with E-state index in [0.29, 0.717) is 29.3 Å². The molecule has 5 rings (SSSR count). The molecule has 2 aliphatic rings. The minimum Gasteiger partial charge on any atom is -0.444 e. The molecule has 0 bridgehead atoms. The number of aromatic nitrogens is 4. The van der Waals surface area contributed by atoms with Gasteiger partial charge in [-0.15, -0.1) is 0 Å². The number of carbonyl (C=O) groups excluding carboxylic acids is 3. The van der Waals surface area contributed by atoms with Crippen LogP contribution in [-0.4, -0.2) is 67.9 Å². The number of hydrogen-bond donors (Lipinski definition) is 3. The van der Waals surface area contributed by atoms with E-state index >= 15 is 0 Å². The first-order valence-electron chi connectivity index (χ1n) is 13.0. The zero-order chi connectivity index (χ0) is 29.5. The van der Waals surface area contributed by atoms with Crippen LogP contribution >= 0.6 is 27.5 Å². The monoisotopic (exact) mass is 648 g/mol. The van der Waals surface area contributed by atoms with Gasteiger partial charge in [-0.2, -0.15) is 0 Å². The first kappa shape index (κ1) is 28.9. The molecule has 0 spiro atoms. The normalized spacial score (nSPS) is 18.8. The summed E-state index contributed by atoms with van der Waals surface area (Å²) in [6.45, 7) is 6.13. The predicted molar refractivity (Wildman–Crippen MR) is 155 cm³/mol. The molecule has 41 heavy (non-hydrogen) atoms. The molecule has 1 aliphatic carbocycles. The molecular weight excluding hydrogens is 620 g/mol. The molecule has 1 aromatic carbocycles. The van der Waals surface area contributed by atoms with Crippen molar-refractivity contribution in [3.05, 3.63) is 39.8 Å². The third-order valence-electron chi connectivity index (χ3n) is 6.68. The Labute approximate surface area is 249 Å². The highest BCUT2D eigenvalue weighted by Crippen LogP contribution is 2.38. The van der Waals surface area contributed by atoms with Gasteiger partial charge in [0, 0.05) is 39.8 Å². The minimum absolute atomic E-state index is 0.0898. The average molecular weight is 650 g/mol. The number of anilines is 2. The number of primary amides is 1. The fourth-order valence-corrected chi connectivity index (χ4v) is 5.65. The number of hydrogen-bond acceptors (Lipinski definition) is 9. The largest absolute Gasteiger partial charge is 0.444 e. The standard InChI is InChI=1S/C26H30BrClN8O5/c1-25(2,3)41-24(39)34-20-19-21(31-12-30-20)36(13-32-19)10-16-17(27)8-14(28)9-18(16)35-7-6-26(11-35,40-23(29)38)22(37)33-15-4-5-15/h8-9,12-13,15H,4-7,10-11H2,1-3H3,(H2,29,38)(H,33,37)(H,30,31,34,39). The summed E-state index contributed by atoms with van der Waals surface area (Å²) >= 11 is 10.1. The summed E-state index contributed by atoms with van der Waals surface area (Å²) in [6.07, 6.45) is 3.31. The Morgan fingerprint density at radius 1 is 1.22 bits per heavy atom. The summed E-state index contributed by atoms with van der Waals surface area (Å²) in [7, 11) is 0. The number of halogens is 2. The Balaban J connectivity index is 1.44. The molecule has 3 amide bonds. The van der Waals surface area contributed by atoms with Crippen molar-refractivity contribution >= 4 is 68.3 Å². The highest BCUT2D eigenvalue weighted by Gasteiger charge is 2.49. The average Bonchev–Trinajstić information content (AvgIpc) is 3.42. The number of imidazole rings is 1. The third-order valence-corrected chi connectivity index (χ3v) is 7.61. The van der Waals surface area contributed by atoms with Crippen molar-refractivity contribution in [3.63, 3.8) is 0 Å². The van der Waals surface area contributed by atoms with Gasteiger partial charge in [-0.1, -0.05) is 27.5 Å². The van der Waals surface area contributed by atoms with Crippen LogP contribution in [0.15, 0.2) is 29.3 Å². The van der Waals surface area contributed by atoms with Crippen LogP contribution in [0.4, 0.5) is 21.1 Å². The number of nitrogens with one attached hydrogen (secondary N) is 2. The van der Waals surface area contributed by atoms with Crippen molar-refractivity contribution in [2.45, 2.75) is 63.8 Å². The maximum Gasteiger partial charge on any atom is 0.413 e. The Morgan fingerprint density at radius 3 is 2.66 bits per heavy atom. The number of benzene rings is 1. The lowest BCUT2D eigenvalue weighted by Crippen LogP contribution is -2.53. The van der Waals surface area contributed by atoms with E-state index in [0.717, 1.165) is 28.6 Å². The van der Waals surface area contributed by atoms with Crippen molar-refractivity contribution in [3.8, 4) is 0 Å². The topological polar surface area (TPSA) is 167 Å². The fourth-order valence-electron chi connectivity index (χ4n) is 4.73. The summed E-state index contributed by atoms with van der Waals surface area (Å²) in [5, 5.41) is 6.05. The van der Waals surface area contributed by atoms with Crippen molar-refractivity contribution in [1.29, 1.82) is 0 Å². The lowest BCUT2D eigenvalue weighted by atomic mass is 10.0. The summed E-state index contributed by atoms with van der Waals surface area (Å²) in [4.78, 5) is 52.3. The molecule has 1 unspecified atom stereocenters. The van der Waals surface area contributed by atoms with Crippen molar-refractivity contribution in [2.75, 3.05) is 23.3 Å².